The number of carbonyl (C=O) groups excluding carboxylic acids is 1. The average Bonchev–Trinajstić information content (AvgIpc) is 3.58. The summed E-state index contributed by atoms with van der Waals surface area (Å²) in [5, 5.41) is 18.1. The number of non-ortho nitro benzene ring substituents is 1. The molecule has 0 atom stereocenters. The highest BCUT2D eigenvalue weighted by Gasteiger charge is 2.28. The lowest BCUT2D eigenvalue weighted by molar-refractivity contribution is -0.384. The molecular weight excluding hydrogens is 472 g/mol. The van der Waals surface area contributed by atoms with Gasteiger partial charge in [-0.1, -0.05) is 12.1 Å². The van der Waals surface area contributed by atoms with Gasteiger partial charge < -0.3 is 10.1 Å². The Bertz CT molecular complexity index is 1510. The van der Waals surface area contributed by atoms with Gasteiger partial charge in [0.1, 0.15) is 17.2 Å². The summed E-state index contributed by atoms with van der Waals surface area (Å²) in [6, 6.07) is 12.1. The van der Waals surface area contributed by atoms with E-state index in [4.69, 9.17) is 4.74 Å². The molecule has 2 aromatic carbocycles. The SMILES string of the molecule is Cc1ccc(C)c(Oc2cc(NC(=O)c3cc4nc(C5CC5)cc(C(F)F)n4n3)cc([N+](=O)[O-])c2)c1. The molecule has 0 radical (unpaired) electrons. The molecule has 1 aliphatic carbocycles. The lowest BCUT2D eigenvalue weighted by Gasteiger charge is -2.11. The molecule has 1 N–H and O–H groups in total. The van der Waals surface area contributed by atoms with Gasteiger partial charge in [-0.15, -0.1) is 0 Å². The molecule has 2 aromatic heterocycles. The third-order valence-electron chi connectivity index (χ3n) is 5.86. The van der Waals surface area contributed by atoms with Crippen molar-refractivity contribution in [2.45, 2.75) is 39.0 Å². The van der Waals surface area contributed by atoms with Crippen LogP contribution >= 0.6 is 0 Å². The fourth-order valence-corrected chi connectivity index (χ4v) is 3.83. The summed E-state index contributed by atoms with van der Waals surface area (Å²) in [6.07, 6.45) is -1.04. The van der Waals surface area contributed by atoms with E-state index < -0.39 is 17.3 Å². The molecule has 0 saturated heterocycles. The van der Waals surface area contributed by atoms with Crippen molar-refractivity contribution in [3.63, 3.8) is 0 Å². The highest BCUT2D eigenvalue weighted by molar-refractivity contribution is 6.03. The summed E-state index contributed by atoms with van der Waals surface area (Å²) in [5.74, 6) is 0.0796. The van der Waals surface area contributed by atoms with E-state index in [0.29, 0.717) is 11.4 Å². The maximum Gasteiger partial charge on any atom is 0.280 e. The molecule has 1 aliphatic rings. The van der Waals surface area contributed by atoms with Crippen molar-refractivity contribution in [2.75, 3.05) is 5.32 Å². The van der Waals surface area contributed by atoms with Crippen LogP contribution in [0.15, 0.2) is 48.5 Å². The predicted octanol–water partition coefficient (Wildman–Crippen LogP) is 6.11. The third kappa shape index (κ3) is 4.72. The molecule has 0 aliphatic heterocycles. The van der Waals surface area contributed by atoms with Gasteiger partial charge in [-0.25, -0.2) is 18.3 Å². The van der Waals surface area contributed by atoms with Gasteiger partial charge >= 0.3 is 0 Å². The minimum Gasteiger partial charge on any atom is -0.457 e. The minimum absolute atomic E-state index is 0.0901. The number of alkyl halides is 2. The molecule has 1 fully saturated rings. The summed E-state index contributed by atoms with van der Waals surface area (Å²) in [7, 11) is 0. The maximum atomic E-state index is 13.6. The van der Waals surface area contributed by atoms with Crippen LogP contribution in [0.25, 0.3) is 5.65 Å². The topological polar surface area (TPSA) is 112 Å². The number of anilines is 1. The van der Waals surface area contributed by atoms with Crippen molar-refractivity contribution in [3.8, 4) is 11.5 Å². The van der Waals surface area contributed by atoms with E-state index in [9.17, 15) is 23.7 Å². The number of nitrogens with zero attached hydrogens (tertiary/aromatic N) is 4. The largest absolute Gasteiger partial charge is 0.457 e. The van der Waals surface area contributed by atoms with E-state index in [2.05, 4.69) is 15.4 Å². The number of fused-ring (bicyclic) bond motifs is 1. The van der Waals surface area contributed by atoms with Gasteiger partial charge in [-0.05, 0) is 49.9 Å². The number of rotatable bonds is 7. The Hall–Kier alpha value is -4.41. The number of nitro benzene ring substituents is 1. The van der Waals surface area contributed by atoms with Crippen molar-refractivity contribution >= 4 is 22.9 Å². The molecule has 2 heterocycles. The predicted molar refractivity (Wildman–Crippen MR) is 127 cm³/mol. The Balaban J connectivity index is 1.46. The summed E-state index contributed by atoms with van der Waals surface area (Å²) in [5.41, 5.74) is 1.76. The zero-order valence-electron chi connectivity index (χ0n) is 19.4. The number of hydrogen-bond acceptors (Lipinski definition) is 6. The summed E-state index contributed by atoms with van der Waals surface area (Å²) >= 11 is 0. The van der Waals surface area contributed by atoms with Crippen LogP contribution in [-0.4, -0.2) is 25.4 Å². The normalized spacial score (nSPS) is 13.2. The van der Waals surface area contributed by atoms with Gasteiger partial charge in [0, 0.05) is 29.8 Å². The molecule has 11 heteroatoms. The van der Waals surface area contributed by atoms with E-state index in [0.717, 1.165) is 28.5 Å². The highest BCUT2D eigenvalue weighted by atomic mass is 19.3. The maximum absolute atomic E-state index is 13.6. The number of benzene rings is 2. The van der Waals surface area contributed by atoms with Crippen molar-refractivity contribution in [3.05, 3.63) is 86.9 Å². The Kier molecular flexibility index (Phi) is 5.83. The van der Waals surface area contributed by atoms with E-state index in [1.54, 1.807) is 6.07 Å². The van der Waals surface area contributed by atoms with E-state index in [-0.39, 0.29) is 40.1 Å². The Morgan fingerprint density at radius 1 is 1.17 bits per heavy atom. The standard InChI is InChI=1S/C25H21F2N5O4/c1-13-3-4-14(2)22(7-13)36-18-9-16(8-17(10-18)32(34)35)28-25(33)20-12-23-29-19(15-5-6-15)11-21(24(26)27)31(23)30-20/h3-4,7-12,15,24H,5-6H2,1-2H3,(H,28,33). The Morgan fingerprint density at radius 3 is 2.64 bits per heavy atom. The second-order valence-electron chi connectivity index (χ2n) is 8.78. The van der Waals surface area contributed by atoms with Crippen molar-refractivity contribution in [2.24, 2.45) is 0 Å². The van der Waals surface area contributed by atoms with Gasteiger partial charge in [-0.3, -0.25) is 14.9 Å². The molecule has 4 aromatic rings. The average molecular weight is 493 g/mol. The van der Waals surface area contributed by atoms with Crippen LogP contribution in [0.4, 0.5) is 20.2 Å². The molecule has 36 heavy (non-hydrogen) atoms. The second kappa shape index (κ2) is 8.99. The van der Waals surface area contributed by atoms with Crippen LogP contribution < -0.4 is 10.1 Å². The van der Waals surface area contributed by atoms with Crippen LogP contribution in [0.5, 0.6) is 11.5 Å². The van der Waals surface area contributed by atoms with Crippen LogP contribution in [0.2, 0.25) is 0 Å². The van der Waals surface area contributed by atoms with Crippen LogP contribution in [0.1, 0.15) is 58.2 Å². The number of carbonyl (C=O) groups is 1. The van der Waals surface area contributed by atoms with Gasteiger partial charge in [0.25, 0.3) is 18.0 Å². The molecule has 184 valence electrons. The quantitative estimate of drug-likeness (QED) is 0.245. The van der Waals surface area contributed by atoms with Gasteiger partial charge in [0.2, 0.25) is 0 Å². The van der Waals surface area contributed by atoms with Crippen LogP contribution in [0, 0.1) is 24.0 Å². The molecule has 0 spiro atoms. The molecule has 1 amide bonds. The molecular formula is C25H21F2N5O4. The number of hydrogen-bond donors (Lipinski definition) is 1. The lowest BCUT2D eigenvalue weighted by atomic mass is 10.1. The summed E-state index contributed by atoms with van der Waals surface area (Å²) < 4.78 is 34.1. The van der Waals surface area contributed by atoms with E-state index in [1.165, 1.54) is 30.3 Å². The molecule has 9 nitrogen and oxygen atoms in total. The lowest BCUT2D eigenvalue weighted by Crippen LogP contribution is -2.13. The Labute approximate surface area is 203 Å². The number of aromatic nitrogens is 3. The van der Waals surface area contributed by atoms with Crippen LogP contribution in [0.3, 0.4) is 0 Å². The molecule has 0 bridgehead atoms. The second-order valence-corrected chi connectivity index (χ2v) is 8.78. The van der Waals surface area contributed by atoms with Gasteiger partial charge in [-0.2, -0.15) is 5.10 Å². The monoisotopic (exact) mass is 493 g/mol. The van der Waals surface area contributed by atoms with Crippen molar-refractivity contribution in [1.82, 2.24) is 14.6 Å². The van der Waals surface area contributed by atoms with Crippen LogP contribution in [-0.2, 0) is 0 Å². The van der Waals surface area contributed by atoms with Crippen molar-refractivity contribution < 1.29 is 23.2 Å². The van der Waals surface area contributed by atoms with Gasteiger partial charge in [0.15, 0.2) is 11.3 Å². The number of nitro groups is 1. The highest BCUT2D eigenvalue weighted by Crippen LogP contribution is 2.40. The fraction of sp³-hybridized carbons (Fsp3) is 0.240. The third-order valence-corrected chi connectivity index (χ3v) is 5.86. The number of ether oxygens (including phenoxy) is 1. The summed E-state index contributed by atoms with van der Waals surface area (Å²) in [6.45, 7) is 3.73. The molecule has 5 rings (SSSR count). The zero-order chi connectivity index (χ0) is 25.6. The first kappa shape index (κ1) is 23.3. The minimum atomic E-state index is -2.80. The first-order valence-corrected chi connectivity index (χ1v) is 11.2. The van der Waals surface area contributed by atoms with Crippen molar-refractivity contribution in [1.29, 1.82) is 0 Å². The zero-order valence-corrected chi connectivity index (χ0v) is 19.4. The number of amides is 1. The van der Waals surface area contributed by atoms with E-state index in [1.807, 2.05) is 26.0 Å². The fourth-order valence-electron chi connectivity index (χ4n) is 3.83. The number of nitrogens with one attached hydrogen (secondary N) is 1. The molecule has 0 unspecified atom stereocenters. The summed E-state index contributed by atoms with van der Waals surface area (Å²) in [4.78, 5) is 28.2. The number of halogens is 2. The van der Waals surface area contributed by atoms with Gasteiger partial charge in [0.05, 0.1) is 16.7 Å². The van der Waals surface area contributed by atoms with E-state index >= 15 is 0 Å². The first-order chi connectivity index (χ1) is 17.2. The first-order valence-electron chi connectivity index (χ1n) is 11.2. The molecule has 1 saturated carbocycles. The number of aryl methyl sites for hydroxylation is 2. The smallest absolute Gasteiger partial charge is 0.280 e. The Morgan fingerprint density at radius 2 is 1.94 bits per heavy atom.